The van der Waals surface area contributed by atoms with Crippen molar-refractivity contribution in [3.63, 3.8) is 0 Å². The van der Waals surface area contributed by atoms with E-state index in [-0.39, 0.29) is 18.3 Å². The molecular weight excluding hydrogens is 502 g/mol. The molecule has 0 aliphatic heterocycles. The number of nitrogens with zero attached hydrogens (tertiary/aromatic N) is 5. The first kappa shape index (κ1) is 28.5. The normalized spacial score (nSPS) is 10.7. The summed E-state index contributed by atoms with van der Waals surface area (Å²) in [4.78, 5) is 25.6. The van der Waals surface area contributed by atoms with Gasteiger partial charge < -0.3 is 29.7 Å². The van der Waals surface area contributed by atoms with Crippen LogP contribution in [-0.4, -0.2) is 66.7 Å². The van der Waals surface area contributed by atoms with Crippen LogP contribution in [0.4, 0.5) is 23.0 Å². The highest BCUT2D eigenvalue weighted by Crippen LogP contribution is 2.38. The number of amides is 1. The van der Waals surface area contributed by atoms with Gasteiger partial charge in [0.2, 0.25) is 11.9 Å². The number of likely N-dealkylation sites (N-methyl/N-ethyl adjacent to an activating group) is 2. The molecule has 200 valence electrons. The molecule has 2 aromatic carbocycles. The Bertz CT molecular complexity index is 1430. The van der Waals surface area contributed by atoms with E-state index in [1.165, 1.54) is 6.08 Å². The van der Waals surface area contributed by atoms with Crippen LogP contribution < -0.4 is 20.3 Å². The second-order valence-electron chi connectivity index (χ2n) is 9.05. The number of ether oxygens (including phenoxy) is 1. The molecule has 9 nitrogen and oxygen atoms in total. The van der Waals surface area contributed by atoms with Crippen LogP contribution in [0.3, 0.4) is 0 Å². The van der Waals surface area contributed by atoms with E-state index in [1.54, 1.807) is 13.3 Å². The van der Waals surface area contributed by atoms with Gasteiger partial charge in [0.25, 0.3) is 0 Å². The molecule has 4 rings (SSSR count). The fraction of sp³-hybridized carbons (Fsp3) is 0.250. The number of carbonyl (C=O) groups is 1. The predicted octanol–water partition coefficient (Wildman–Crippen LogP) is 4.93. The van der Waals surface area contributed by atoms with Crippen molar-refractivity contribution >= 4 is 52.2 Å². The molecule has 38 heavy (non-hydrogen) atoms. The lowest BCUT2D eigenvalue weighted by Gasteiger charge is -2.26. The second-order valence-corrected chi connectivity index (χ2v) is 9.05. The van der Waals surface area contributed by atoms with E-state index >= 15 is 0 Å². The highest BCUT2D eigenvalue weighted by atomic mass is 35.5. The lowest BCUT2D eigenvalue weighted by atomic mass is 10.1. The van der Waals surface area contributed by atoms with Crippen LogP contribution in [-0.2, 0) is 11.8 Å². The number of carbonyl (C=O) groups excluding carboxylic acids is 1. The van der Waals surface area contributed by atoms with E-state index in [0.717, 1.165) is 40.9 Å². The Morgan fingerprint density at radius 3 is 2.61 bits per heavy atom. The largest absolute Gasteiger partial charge is 0.494 e. The summed E-state index contributed by atoms with van der Waals surface area (Å²) in [5.74, 6) is 0.716. The number of hydrogen-bond acceptors (Lipinski definition) is 7. The van der Waals surface area contributed by atoms with Gasteiger partial charge in [-0.25, -0.2) is 9.97 Å². The van der Waals surface area contributed by atoms with E-state index in [0.29, 0.717) is 23.1 Å². The number of benzene rings is 2. The van der Waals surface area contributed by atoms with Crippen molar-refractivity contribution in [1.82, 2.24) is 19.4 Å². The van der Waals surface area contributed by atoms with Crippen LogP contribution >= 0.6 is 12.4 Å². The van der Waals surface area contributed by atoms with Gasteiger partial charge in [0, 0.05) is 62.1 Å². The molecule has 0 saturated carbocycles. The highest BCUT2D eigenvalue weighted by Gasteiger charge is 2.17. The summed E-state index contributed by atoms with van der Waals surface area (Å²) in [5.41, 5.74) is 5.02. The van der Waals surface area contributed by atoms with E-state index in [1.807, 2.05) is 58.5 Å². The van der Waals surface area contributed by atoms with Crippen molar-refractivity contribution in [1.29, 1.82) is 0 Å². The summed E-state index contributed by atoms with van der Waals surface area (Å²) in [6, 6.07) is 13.8. The number of halogens is 1. The number of fused-ring (bicyclic) bond motifs is 1. The Morgan fingerprint density at radius 2 is 1.89 bits per heavy atom. The van der Waals surface area contributed by atoms with Gasteiger partial charge in [-0.05, 0) is 38.4 Å². The van der Waals surface area contributed by atoms with Gasteiger partial charge in [0.15, 0.2) is 0 Å². The van der Waals surface area contributed by atoms with Gasteiger partial charge >= 0.3 is 0 Å². The quantitative estimate of drug-likeness (QED) is 0.278. The molecular formula is C28H34ClN7O2. The number of aryl methyl sites for hydroxylation is 1. The maximum atomic E-state index is 12.2. The lowest BCUT2D eigenvalue weighted by Crippen LogP contribution is -2.29. The van der Waals surface area contributed by atoms with Gasteiger partial charge in [-0.3, -0.25) is 4.79 Å². The standard InChI is InChI=1S/C28H33N7O2.ClH/c1-7-27(36)30-22-16-23(26(37-6)17-25(22)34(4)15-14-33(2)3)32-28-29-13-12-21(31-28)20-18-35(5)24-11-9-8-10-19(20)24;/h7-13,16-18H,1,14-15H2,2-6H3,(H,30,36)(H,29,31,32);1H. The van der Waals surface area contributed by atoms with Crippen LogP contribution in [0, 0.1) is 0 Å². The molecule has 2 aromatic heterocycles. The number of anilines is 4. The van der Waals surface area contributed by atoms with Gasteiger partial charge in [0.1, 0.15) is 5.75 Å². The van der Waals surface area contributed by atoms with Crippen molar-refractivity contribution in [3.8, 4) is 17.0 Å². The molecule has 0 aliphatic carbocycles. The summed E-state index contributed by atoms with van der Waals surface area (Å²) in [5, 5.41) is 7.31. The second kappa shape index (κ2) is 12.4. The Labute approximate surface area is 229 Å². The van der Waals surface area contributed by atoms with Gasteiger partial charge in [-0.15, -0.1) is 12.4 Å². The molecule has 2 N–H and O–H groups in total. The Hall–Kier alpha value is -4.08. The third kappa shape index (κ3) is 6.24. The van der Waals surface area contributed by atoms with Gasteiger partial charge in [0.05, 0.1) is 29.9 Å². The van der Waals surface area contributed by atoms with Crippen LogP contribution in [0.15, 0.2) is 67.5 Å². The molecule has 0 aliphatic rings. The summed E-state index contributed by atoms with van der Waals surface area (Å²) < 4.78 is 7.79. The van der Waals surface area contributed by atoms with E-state index in [9.17, 15) is 4.79 Å². The smallest absolute Gasteiger partial charge is 0.247 e. The molecule has 0 bridgehead atoms. The molecule has 4 aromatic rings. The minimum absolute atomic E-state index is 0. The lowest BCUT2D eigenvalue weighted by molar-refractivity contribution is -0.111. The maximum Gasteiger partial charge on any atom is 0.247 e. The number of rotatable bonds is 10. The summed E-state index contributed by atoms with van der Waals surface area (Å²) >= 11 is 0. The average molecular weight is 536 g/mol. The molecule has 1 amide bonds. The van der Waals surface area contributed by atoms with Crippen molar-refractivity contribution in [2.24, 2.45) is 7.05 Å². The summed E-state index contributed by atoms with van der Waals surface area (Å²) in [7, 11) is 9.65. The number of para-hydroxylation sites is 1. The predicted molar refractivity (Wildman–Crippen MR) is 158 cm³/mol. The van der Waals surface area contributed by atoms with Crippen molar-refractivity contribution in [2.75, 3.05) is 56.9 Å². The SMILES string of the molecule is C=CC(=O)Nc1cc(Nc2nccc(-c3cn(C)c4ccccc34)n2)c(OC)cc1N(C)CCN(C)C.Cl. The Kier molecular flexibility index (Phi) is 9.33. The maximum absolute atomic E-state index is 12.2. The van der Waals surface area contributed by atoms with Gasteiger partial charge in [-0.1, -0.05) is 24.8 Å². The molecule has 0 radical (unpaired) electrons. The minimum Gasteiger partial charge on any atom is -0.494 e. The van der Waals surface area contributed by atoms with E-state index in [4.69, 9.17) is 9.72 Å². The van der Waals surface area contributed by atoms with E-state index in [2.05, 4.69) is 54.9 Å². The molecule has 0 unspecified atom stereocenters. The topological polar surface area (TPSA) is 87.5 Å². The van der Waals surface area contributed by atoms with Crippen molar-refractivity contribution in [2.45, 2.75) is 0 Å². The van der Waals surface area contributed by atoms with Crippen LogP contribution in [0.2, 0.25) is 0 Å². The van der Waals surface area contributed by atoms with Crippen LogP contribution in [0.25, 0.3) is 22.2 Å². The van der Waals surface area contributed by atoms with Crippen molar-refractivity contribution < 1.29 is 9.53 Å². The third-order valence-corrected chi connectivity index (χ3v) is 6.13. The van der Waals surface area contributed by atoms with E-state index < -0.39 is 0 Å². The van der Waals surface area contributed by atoms with Crippen LogP contribution in [0.5, 0.6) is 5.75 Å². The molecule has 0 saturated heterocycles. The number of hydrogen-bond donors (Lipinski definition) is 2. The monoisotopic (exact) mass is 535 g/mol. The first-order valence-corrected chi connectivity index (χ1v) is 12.0. The van der Waals surface area contributed by atoms with Gasteiger partial charge in [-0.2, -0.15) is 0 Å². The fourth-order valence-corrected chi connectivity index (χ4v) is 4.14. The zero-order chi connectivity index (χ0) is 26.5. The fourth-order valence-electron chi connectivity index (χ4n) is 4.14. The summed E-state index contributed by atoms with van der Waals surface area (Å²) in [6.45, 7) is 5.19. The molecule has 0 spiro atoms. The Morgan fingerprint density at radius 1 is 1.13 bits per heavy atom. The number of aromatic nitrogens is 3. The average Bonchev–Trinajstić information content (AvgIpc) is 3.24. The molecule has 10 heteroatoms. The minimum atomic E-state index is -0.299. The third-order valence-electron chi connectivity index (χ3n) is 6.13. The first-order valence-electron chi connectivity index (χ1n) is 12.0. The zero-order valence-electron chi connectivity index (χ0n) is 22.4. The number of methoxy groups -OCH3 is 1. The Balaban J connectivity index is 0.00000400. The van der Waals surface area contributed by atoms with Crippen molar-refractivity contribution in [3.05, 3.63) is 67.5 Å². The van der Waals surface area contributed by atoms with Crippen LogP contribution in [0.1, 0.15) is 0 Å². The number of nitrogens with one attached hydrogen (secondary N) is 2. The zero-order valence-corrected chi connectivity index (χ0v) is 23.2. The molecule has 0 fully saturated rings. The molecule has 2 heterocycles. The highest BCUT2D eigenvalue weighted by molar-refractivity contribution is 6.02. The first-order chi connectivity index (χ1) is 17.8. The molecule has 0 atom stereocenters. The summed E-state index contributed by atoms with van der Waals surface area (Å²) in [6.07, 6.45) is 5.04.